The van der Waals surface area contributed by atoms with Gasteiger partial charge < -0.3 is 20.3 Å². The number of guanidine groups is 1. The highest BCUT2D eigenvalue weighted by atomic mass is 127. The summed E-state index contributed by atoms with van der Waals surface area (Å²) in [5.41, 5.74) is 0.301. The minimum Gasteiger partial charge on any atom is -0.382 e. The molecule has 0 unspecified atom stereocenters. The van der Waals surface area contributed by atoms with Crippen LogP contribution in [-0.4, -0.2) is 63.2 Å². The number of carbonyl (C=O) groups excluding carboxylic acids is 1. The highest BCUT2D eigenvalue weighted by Gasteiger charge is 2.33. The number of hydrogen-bond acceptors (Lipinski definition) is 3. The Kier molecular flexibility index (Phi) is 12.4. The number of amides is 1. The number of aliphatic imine (C=N–C) groups is 1. The molecule has 0 aliphatic heterocycles. The normalized spacial score (nSPS) is 19.8. The molecule has 28 heavy (non-hydrogen) atoms. The minimum atomic E-state index is 0. The van der Waals surface area contributed by atoms with Crippen molar-refractivity contribution < 1.29 is 9.53 Å². The lowest BCUT2D eigenvalue weighted by Gasteiger charge is -2.31. The third-order valence-corrected chi connectivity index (χ3v) is 6.09. The SMILES string of the molecule is CCOCCC1(CNC(=NCC(=O)N(C)C)NC2CCCCC2)CCCC1.I. The largest absolute Gasteiger partial charge is 0.382 e. The zero-order valence-electron chi connectivity index (χ0n) is 18.1. The monoisotopic (exact) mass is 508 g/mol. The van der Waals surface area contributed by atoms with Crippen LogP contribution in [0.3, 0.4) is 0 Å². The Morgan fingerprint density at radius 1 is 1.14 bits per heavy atom. The quantitative estimate of drug-likeness (QED) is 0.217. The summed E-state index contributed by atoms with van der Waals surface area (Å²) in [6, 6.07) is 0.474. The molecule has 0 spiro atoms. The van der Waals surface area contributed by atoms with Gasteiger partial charge in [-0.2, -0.15) is 0 Å². The summed E-state index contributed by atoms with van der Waals surface area (Å²) in [4.78, 5) is 18.2. The van der Waals surface area contributed by atoms with Gasteiger partial charge in [-0.15, -0.1) is 24.0 Å². The van der Waals surface area contributed by atoms with E-state index < -0.39 is 0 Å². The van der Waals surface area contributed by atoms with Crippen LogP contribution in [-0.2, 0) is 9.53 Å². The molecule has 2 aliphatic carbocycles. The average molecular weight is 508 g/mol. The van der Waals surface area contributed by atoms with Crippen molar-refractivity contribution >= 4 is 35.8 Å². The molecule has 0 aromatic rings. The molecule has 1 amide bonds. The van der Waals surface area contributed by atoms with Crippen molar-refractivity contribution in [3.63, 3.8) is 0 Å². The predicted octanol–water partition coefficient (Wildman–Crippen LogP) is 3.55. The van der Waals surface area contributed by atoms with Gasteiger partial charge in [0.1, 0.15) is 6.54 Å². The van der Waals surface area contributed by atoms with Gasteiger partial charge in [-0.05, 0) is 44.4 Å². The van der Waals surface area contributed by atoms with Crippen LogP contribution in [0.4, 0.5) is 0 Å². The van der Waals surface area contributed by atoms with Gasteiger partial charge in [0, 0.05) is 39.9 Å². The molecule has 2 N–H and O–H groups in total. The number of halogens is 1. The Morgan fingerprint density at radius 2 is 1.82 bits per heavy atom. The van der Waals surface area contributed by atoms with Crippen molar-refractivity contribution in [2.75, 3.05) is 40.4 Å². The van der Waals surface area contributed by atoms with E-state index in [4.69, 9.17) is 4.74 Å². The smallest absolute Gasteiger partial charge is 0.243 e. The second-order valence-electron chi connectivity index (χ2n) is 8.44. The molecule has 2 saturated carbocycles. The molecule has 0 radical (unpaired) electrons. The van der Waals surface area contributed by atoms with Crippen LogP contribution in [0, 0.1) is 5.41 Å². The second kappa shape index (κ2) is 13.6. The van der Waals surface area contributed by atoms with Gasteiger partial charge in [0.05, 0.1) is 0 Å². The maximum atomic E-state index is 12.0. The molecule has 6 nitrogen and oxygen atoms in total. The first kappa shape index (κ1) is 25.5. The van der Waals surface area contributed by atoms with Gasteiger partial charge in [-0.1, -0.05) is 32.1 Å². The van der Waals surface area contributed by atoms with Gasteiger partial charge in [-0.25, -0.2) is 4.99 Å². The van der Waals surface area contributed by atoms with Crippen molar-refractivity contribution in [1.29, 1.82) is 0 Å². The van der Waals surface area contributed by atoms with E-state index in [1.807, 2.05) is 0 Å². The predicted molar refractivity (Wildman–Crippen MR) is 126 cm³/mol. The molecule has 2 aliphatic rings. The minimum absolute atomic E-state index is 0. The van der Waals surface area contributed by atoms with Gasteiger partial charge >= 0.3 is 0 Å². The lowest BCUT2D eigenvalue weighted by Crippen LogP contribution is -2.48. The average Bonchev–Trinajstić information content (AvgIpc) is 3.13. The highest BCUT2D eigenvalue weighted by Crippen LogP contribution is 2.40. The number of likely N-dealkylation sites (N-methyl/N-ethyl adjacent to an activating group) is 1. The Hall–Kier alpha value is -0.570. The molecule has 2 fully saturated rings. The summed E-state index contributed by atoms with van der Waals surface area (Å²) in [5, 5.41) is 7.18. The lowest BCUT2D eigenvalue weighted by molar-refractivity contribution is -0.127. The lowest BCUT2D eigenvalue weighted by atomic mass is 9.83. The number of hydrogen-bond donors (Lipinski definition) is 2. The fourth-order valence-corrected chi connectivity index (χ4v) is 4.23. The molecule has 0 heterocycles. The van der Waals surface area contributed by atoms with E-state index in [1.165, 1.54) is 57.8 Å². The van der Waals surface area contributed by atoms with Crippen LogP contribution in [0.25, 0.3) is 0 Å². The molecule has 0 aromatic heterocycles. The van der Waals surface area contributed by atoms with Gasteiger partial charge in [0.15, 0.2) is 5.96 Å². The van der Waals surface area contributed by atoms with E-state index in [0.717, 1.165) is 32.1 Å². The molecule has 2 rings (SSSR count). The molecule has 164 valence electrons. The zero-order chi connectivity index (χ0) is 19.5. The molecule has 0 atom stereocenters. The number of nitrogens with one attached hydrogen (secondary N) is 2. The van der Waals surface area contributed by atoms with Crippen LogP contribution >= 0.6 is 24.0 Å². The Bertz CT molecular complexity index is 473. The van der Waals surface area contributed by atoms with Crippen molar-refractivity contribution in [2.24, 2.45) is 10.4 Å². The van der Waals surface area contributed by atoms with E-state index in [2.05, 4.69) is 22.5 Å². The fraction of sp³-hybridized carbons (Fsp3) is 0.905. The van der Waals surface area contributed by atoms with Gasteiger partial charge in [0.2, 0.25) is 5.91 Å². The number of rotatable bonds is 9. The number of nitrogens with zero attached hydrogens (tertiary/aromatic N) is 2. The summed E-state index contributed by atoms with van der Waals surface area (Å²) >= 11 is 0. The molecule has 0 aromatic carbocycles. The van der Waals surface area contributed by atoms with Gasteiger partial charge in [0.25, 0.3) is 0 Å². The van der Waals surface area contributed by atoms with Crippen LogP contribution in [0.2, 0.25) is 0 Å². The van der Waals surface area contributed by atoms with Crippen molar-refractivity contribution in [3.05, 3.63) is 0 Å². The van der Waals surface area contributed by atoms with Crippen LogP contribution in [0.5, 0.6) is 0 Å². The molecule has 0 saturated heterocycles. The summed E-state index contributed by atoms with van der Waals surface area (Å²) in [5.74, 6) is 0.839. The van der Waals surface area contributed by atoms with Crippen molar-refractivity contribution in [3.8, 4) is 0 Å². The number of ether oxygens (including phenoxy) is 1. The Balaban J connectivity index is 0.00000392. The molecule has 7 heteroatoms. The van der Waals surface area contributed by atoms with E-state index in [0.29, 0.717) is 11.5 Å². The van der Waals surface area contributed by atoms with E-state index in [9.17, 15) is 4.79 Å². The summed E-state index contributed by atoms with van der Waals surface area (Å²) in [6.07, 6.45) is 12.5. The van der Waals surface area contributed by atoms with Gasteiger partial charge in [-0.3, -0.25) is 4.79 Å². The highest BCUT2D eigenvalue weighted by molar-refractivity contribution is 14.0. The van der Waals surface area contributed by atoms with Crippen LogP contribution < -0.4 is 10.6 Å². The van der Waals surface area contributed by atoms with E-state index in [1.54, 1.807) is 19.0 Å². The molecular weight excluding hydrogens is 467 g/mol. The first-order valence-electron chi connectivity index (χ1n) is 10.9. The van der Waals surface area contributed by atoms with Crippen molar-refractivity contribution in [1.82, 2.24) is 15.5 Å². The summed E-state index contributed by atoms with van der Waals surface area (Å²) in [7, 11) is 3.56. The second-order valence-corrected chi connectivity index (χ2v) is 8.44. The van der Waals surface area contributed by atoms with Crippen LogP contribution in [0.1, 0.15) is 71.1 Å². The third kappa shape index (κ3) is 8.84. The van der Waals surface area contributed by atoms with E-state index in [-0.39, 0.29) is 36.4 Å². The zero-order valence-corrected chi connectivity index (χ0v) is 20.4. The standard InChI is InChI=1S/C21H40N4O2.HI/c1-4-27-15-14-21(12-8-9-13-21)17-23-20(22-16-19(26)25(2)3)24-18-10-6-5-7-11-18;/h18H,4-17H2,1-3H3,(H2,22,23,24);1H. The fourth-order valence-electron chi connectivity index (χ4n) is 4.23. The Labute approximate surface area is 188 Å². The molecule has 0 bridgehead atoms. The topological polar surface area (TPSA) is 66.0 Å². The first-order chi connectivity index (χ1) is 13.0. The molecular formula is C21H41IN4O2. The maximum Gasteiger partial charge on any atom is 0.243 e. The number of carbonyl (C=O) groups is 1. The van der Waals surface area contributed by atoms with E-state index >= 15 is 0 Å². The Morgan fingerprint density at radius 3 is 2.43 bits per heavy atom. The van der Waals surface area contributed by atoms with Crippen molar-refractivity contribution in [2.45, 2.75) is 77.2 Å². The van der Waals surface area contributed by atoms with Crippen LogP contribution in [0.15, 0.2) is 4.99 Å². The maximum absolute atomic E-state index is 12.0. The third-order valence-electron chi connectivity index (χ3n) is 6.09. The summed E-state index contributed by atoms with van der Waals surface area (Å²) < 4.78 is 5.63. The first-order valence-corrected chi connectivity index (χ1v) is 10.9. The summed E-state index contributed by atoms with van der Waals surface area (Å²) in [6.45, 7) is 4.78.